The summed E-state index contributed by atoms with van der Waals surface area (Å²) in [5.74, 6) is 0.812. The number of esters is 1. The van der Waals surface area contributed by atoms with Crippen LogP contribution < -0.4 is 5.73 Å². The molecule has 1 heterocycles. The second-order valence-corrected chi connectivity index (χ2v) is 4.07. The van der Waals surface area contributed by atoms with E-state index in [-0.39, 0.29) is 5.69 Å². The van der Waals surface area contributed by atoms with Crippen molar-refractivity contribution in [2.24, 2.45) is 0 Å². The second-order valence-electron chi connectivity index (χ2n) is 4.07. The van der Waals surface area contributed by atoms with Crippen molar-refractivity contribution in [3.63, 3.8) is 0 Å². The Labute approximate surface area is 94.6 Å². The standard InChI is InChI=1S/C11H17N3O2/c1-3-16-11(15)9-10(12)14(7(2)13-9)8-5-4-6-8/h8H,3-6,12H2,1-2H3. The van der Waals surface area contributed by atoms with Crippen LogP contribution in [0.25, 0.3) is 0 Å². The maximum absolute atomic E-state index is 11.6. The summed E-state index contributed by atoms with van der Waals surface area (Å²) in [7, 11) is 0. The molecular formula is C11H17N3O2. The molecule has 0 amide bonds. The maximum Gasteiger partial charge on any atom is 0.360 e. The summed E-state index contributed by atoms with van der Waals surface area (Å²) in [6, 6.07) is 0.413. The predicted octanol–water partition coefficient (Wildman–Crippen LogP) is 1.68. The lowest BCUT2D eigenvalue weighted by molar-refractivity contribution is 0.0521. The summed E-state index contributed by atoms with van der Waals surface area (Å²) in [6.45, 7) is 3.98. The van der Waals surface area contributed by atoms with Gasteiger partial charge in [-0.25, -0.2) is 9.78 Å². The van der Waals surface area contributed by atoms with Crippen LogP contribution in [-0.4, -0.2) is 22.1 Å². The van der Waals surface area contributed by atoms with Crippen molar-refractivity contribution in [3.05, 3.63) is 11.5 Å². The first kappa shape index (κ1) is 11.0. The highest BCUT2D eigenvalue weighted by molar-refractivity contribution is 5.92. The van der Waals surface area contributed by atoms with Crippen LogP contribution in [0.4, 0.5) is 5.82 Å². The van der Waals surface area contributed by atoms with E-state index in [9.17, 15) is 4.79 Å². The number of anilines is 1. The molecule has 1 aliphatic rings. The van der Waals surface area contributed by atoms with Gasteiger partial charge in [-0.3, -0.25) is 0 Å². The molecule has 5 nitrogen and oxygen atoms in total. The summed E-state index contributed by atoms with van der Waals surface area (Å²) < 4.78 is 6.87. The van der Waals surface area contributed by atoms with Gasteiger partial charge in [0, 0.05) is 6.04 Å². The molecule has 0 spiro atoms. The topological polar surface area (TPSA) is 70.1 Å². The van der Waals surface area contributed by atoms with Crippen LogP contribution in [0.2, 0.25) is 0 Å². The fourth-order valence-electron chi connectivity index (χ4n) is 2.02. The van der Waals surface area contributed by atoms with Crippen LogP contribution in [0.1, 0.15) is 48.5 Å². The third-order valence-electron chi connectivity index (χ3n) is 3.03. The minimum absolute atomic E-state index is 0.256. The fourth-order valence-corrected chi connectivity index (χ4v) is 2.02. The highest BCUT2D eigenvalue weighted by atomic mass is 16.5. The van der Waals surface area contributed by atoms with E-state index in [2.05, 4.69) is 4.98 Å². The smallest absolute Gasteiger partial charge is 0.360 e. The summed E-state index contributed by atoms with van der Waals surface area (Å²) in [4.78, 5) is 15.8. The minimum atomic E-state index is -0.429. The van der Waals surface area contributed by atoms with Gasteiger partial charge in [0.1, 0.15) is 11.6 Å². The van der Waals surface area contributed by atoms with Gasteiger partial charge in [0.15, 0.2) is 5.69 Å². The number of hydrogen-bond donors (Lipinski definition) is 1. The highest BCUT2D eigenvalue weighted by Crippen LogP contribution is 2.35. The molecule has 1 aliphatic carbocycles. The molecule has 2 N–H and O–H groups in total. The number of carbonyl (C=O) groups is 1. The van der Waals surface area contributed by atoms with Crippen molar-refractivity contribution in [2.45, 2.75) is 39.2 Å². The van der Waals surface area contributed by atoms with E-state index in [1.165, 1.54) is 6.42 Å². The van der Waals surface area contributed by atoms with E-state index in [4.69, 9.17) is 10.5 Å². The van der Waals surface area contributed by atoms with Gasteiger partial charge >= 0.3 is 5.97 Å². The van der Waals surface area contributed by atoms with Crippen molar-refractivity contribution in [3.8, 4) is 0 Å². The minimum Gasteiger partial charge on any atom is -0.461 e. The number of hydrogen-bond acceptors (Lipinski definition) is 4. The van der Waals surface area contributed by atoms with Crippen LogP contribution in [0.5, 0.6) is 0 Å². The Bertz CT molecular complexity index is 408. The third kappa shape index (κ3) is 1.66. The Balaban J connectivity index is 2.30. The van der Waals surface area contributed by atoms with Crippen LogP contribution in [0, 0.1) is 6.92 Å². The molecule has 1 aromatic heterocycles. The van der Waals surface area contributed by atoms with E-state index in [0.717, 1.165) is 18.7 Å². The van der Waals surface area contributed by atoms with Gasteiger partial charge in [0.2, 0.25) is 0 Å². The van der Waals surface area contributed by atoms with Gasteiger partial charge in [-0.15, -0.1) is 0 Å². The summed E-state index contributed by atoms with van der Waals surface area (Å²) >= 11 is 0. The molecule has 1 aromatic rings. The van der Waals surface area contributed by atoms with E-state index in [1.54, 1.807) is 6.92 Å². The number of nitrogens with zero attached hydrogens (tertiary/aromatic N) is 2. The molecule has 0 aromatic carbocycles. The number of rotatable bonds is 3. The highest BCUT2D eigenvalue weighted by Gasteiger charge is 2.27. The quantitative estimate of drug-likeness (QED) is 0.791. The lowest BCUT2D eigenvalue weighted by Gasteiger charge is -2.28. The van der Waals surface area contributed by atoms with Crippen LogP contribution in [0.15, 0.2) is 0 Å². The lowest BCUT2D eigenvalue weighted by atomic mass is 9.93. The number of ether oxygens (including phenoxy) is 1. The number of nitrogens with two attached hydrogens (primary N) is 1. The van der Waals surface area contributed by atoms with Gasteiger partial charge in [0.25, 0.3) is 0 Å². The van der Waals surface area contributed by atoms with Crippen molar-refractivity contribution >= 4 is 11.8 Å². The Kier molecular flexibility index (Phi) is 2.85. The van der Waals surface area contributed by atoms with E-state index in [0.29, 0.717) is 18.5 Å². The molecule has 0 unspecified atom stereocenters. The van der Waals surface area contributed by atoms with E-state index in [1.807, 2.05) is 11.5 Å². The Morgan fingerprint density at radius 3 is 2.81 bits per heavy atom. The summed E-state index contributed by atoms with van der Waals surface area (Å²) in [6.07, 6.45) is 3.45. The number of imidazole rings is 1. The molecule has 16 heavy (non-hydrogen) atoms. The molecule has 0 saturated heterocycles. The Morgan fingerprint density at radius 2 is 2.31 bits per heavy atom. The monoisotopic (exact) mass is 223 g/mol. The summed E-state index contributed by atoms with van der Waals surface area (Å²) in [5, 5.41) is 0. The summed E-state index contributed by atoms with van der Waals surface area (Å²) in [5.41, 5.74) is 6.20. The fraction of sp³-hybridized carbons (Fsp3) is 0.636. The maximum atomic E-state index is 11.6. The van der Waals surface area contributed by atoms with Gasteiger partial charge in [0.05, 0.1) is 6.61 Å². The van der Waals surface area contributed by atoms with Crippen LogP contribution in [-0.2, 0) is 4.74 Å². The van der Waals surface area contributed by atoms with E-state index < -0.39 is 5.97 Å². The first-order chi connectivity index (χ1) is 7.65. The second kappa shape index (κ2) is 4.15. The Hall–Kier alpha value is -1.52. The number of aromatic nitrogens is 2. The molecule has 88 valence electrons. The van der Waals surface area contributed by atoms with E-state index >= 15 is 0 Å². The number of nitrogen functional groups attached to an aromatic ring is 1. The molecule has 2 rings (SSSR count). The average molecular weight is 223 g/mol. The SMILES string of the molecule is CCOC(=O)c1nc(C)n(C2CCC2)c1N. The van der Waals surface area contributed by atoms with Crippen molar-refractivity contribution < 1.29 is 9.53 Å². The number of aryl methyl sites for hydroxylation is 1. The van der Waals surface area contributed by atoms with Crippen LogP contribution in [0.3, 0.4) is 0 Å². The third-order valence-corrected chi connectivity index (χ3v) is 3.03. The van der Waals surface area contributed by atoms with Gasteiger partial charge in [-0.2, -0.15) is 0 Å². The van der Waals surface area contributed by atoms with Gasteiger partial charge in [-0.05, 0) is 33.1 Å². The molecule has 0 radical (unpaired) electrons. The molecular weight excluding hydrogens is 206 g/mol. The Morgan fingerprint density at radius 1 is 1.62 bits per heavy atom. The normalized spacial score (nSPS) is 15.9. The van der Waals surface area contributed by atoms with Gasteiger partial charge in [-0.1, -0.05) is 0 Å². The first-order valence-corrected chi connectivity index (χ1v) is 5.66. The van der Waals surface area contributed by atoms with Crippen molar-refractivity contribution in [1.29, 1.82) is 0 Å². The van der Waals surface area contributed by atoms with Gasteiger partial charge < -0.3 is 15.0 Å². The van der Waals surface area contributed by atoms with Crippen molar-refractivity contribution in [2.75, 3.05) is 12.3 Å². The first-order valence-electron chi connectivity index (χ1n) is 5.66. The zero-order chi connectivity index (χ0) is 11.7. The number of carbonyl (C=O) groups excluding carboxylic acids is 1. The van der Waals surface area contributed by atoms with Crippen LogP contribution >= 0.6 is 0 Å². The lowest BCUT2D eigenvalue weighted by Crippen LogP contribution is -2.20. The predicted molar refractivity (Wildman–Crippen MR) is 60.2 cm³/mol. The molecule has 0 atom stereocenters. The molecule has 1 saturated carbocycles. The molecule has 0 aliphatic heterocycles. The molecule has 5 heteroatoms. The zero-order valence-corrected chi connectivity index (χ0v) is 9.69. The zero-order valence-electron chi connectivity index (χ0n) is 9.69. The van der Waals surface area contributed by atoms with Crippen molar-refractivity contribution in [1.82, 2.24) is 9.55 Å². The molecule has 0 bridgehead atoms. The molecule has 1 fully saturated rings. The average Bonchev–Trinajstić information content (AvgIpc) is 2.44. The largest absolute Gasteiger partial charge is 0.461 e.